The largest absolute Gasteiger partial charge is 0.361 e. The first kappa shape index (κ1) is 21.1. The van der Waals surface area contributed by atoms with Crippen LogP contribution in [0.2, 0.25) is 0 Å². The van der Waals surface area contributed by atoms with Gasteiger partial charge in [-0.25, -0.2) is 4.39 Å². The topological polar surface area (TPSA) is 53.2 Å². The lowest BCUT2D eigenvalue weighted by Gasteiger charge is -2.47. The van der Waals surface area contributed by atoms with Crippen LogP contribution in [0.5, 0.6) is 0 Å². The van der Waals surface area contributed by atoms with Crippen LogP contribution in [0.15, 0.2) is 24.4 Å². The summed E-state index contributed by atoms with van der Waals surface area (Å²) in [5.41, 5.74) is 1.87. The fourth-order valence-electron chi connectivity index (χ4n) is 5.91. The minimum Gasteiger partial charge on any atom is -0.361 e. The Morgan fingerprint density at radius 3 is 2.70 bits per heavy atom. The number of carbonyl (C=O) groups excluding carboxylic acids is 2. The van der Waals surface area contributed by atoms with Crippen LogP contribution >= 0.6 is 0 Å². The first-order valence-corrected chi connectivity index (χ1v) is 11.4. The molecule has 1 aromatic heterocycles. The molecule has 4 rings (SSSR count). The highest BCUT2D eigenvalue weighted by molar-refractivity contribution is 5.85. The summed E-state index contributed by atoms with van der Waals surface area (Å²) >= 11 is 0. The molecule has 2 aromatic rings. The Balaban J connectivity index is 1.56. The van der Waals surface area contributed by atoms with Crippen LogP contribution in [-0.4, -0.2) is 34.2 Å². The number of ketones is 1. The van der Waals surface area contributed by atoms with E-state index in [1.54, 1.807) is 6.92 Å². The van der Waals surface area contributed by atoms with Gasteiger partial charge in [0.05, 0.1) is 0 Å². The number of nitrogens with one attached hydrogen (secondary N) is 1. The zero-order valence-electron chi connectivity index (χ0n) is 18.3. The normalized spacial score (nSPS) is 25.4. The van der Waals surface area contributed by atoms with Crippen molar-refractivity contribution in [3.63, 3.8) is 0 Å². The van der Waals surface area contributed by atoms with E-state index < -0.39 is 0 Å². The van der Waals surface area contributed by atoms with Gasteiger partial charge in [0.2, 0.25) is 5.91 Å². The molecule has 30 heavy (non-hydrogen) atoms. The van der Waals surface area contributed by atoms with E-state index in [1.807, 2.05) is 12.3 Å². The number of likely N-dealkylation sites (tertiary alicyclic amines) is 1. The van der Waals surface area contributed by atoms with E-state index in [2.05, 4.69) is 23.7 Å². The molecule has 4 nitrogen and oxygen atoms in total. The van der Waals surface area contributed by atoms with Crippen LogP contribution in [-0.2, 0) is 9.59 Å². The summed E-state index contributed by atoms with van der Waals surface area (Å²) in [7, 11) is 0. The summed E-state index contributed by atoms with van der Waals surface area (Å²) in [5.74, 6) is 1.02. The lowest BCUT2D eigenvalue weighted by atomic mass is 9.70. The third-order valence-electron chi connectivity index (χ3n) is 7.50. The van der Waals surface area contributed by atoms with Gasteiger partial charge in [-0.1, -0.05) is 26.7 Å². The highest BCUT2D eigenvalue weighted by Crippen LogP contribution is 2.41. The van der Waals surface area contributed by atoms with E-state index in [-0.39, 0.29) is 41.3 Å². The van der Waals surface area contributed by atoms with Crippen molar-refractivity contribution in [1.29, 1.82) is 0 Å². The fourth-order valence-corrected chi connectivity index (χ4v) is 5.91. The standard InChI is InChI=1S/C25H33FN2O2/c1-15(2)21(22-14-27-23-12-17(26)8-9-19(22)23)13-25(30)28-11-10-18(16(3)29)20-6-4-5-7-24(20)28/h8-9,12,14-15,18,20-21,24,27H,4-7,10-11,13H2,1-3H3. The van der Waals surface area contributed by atoms with Gasteiger partial charge in [0.15, 0.2) is 0 Å². The highest BCUT2D eigenvalue weighted by atomic mass is 19.1. The Kier molecular flexibility index (Phi) is 5.99. The number of carbonyl (C=O) groups is 2. The number of nitrogens with zero attached hydrogens (tertiary/aromatic N) is 1. The smallest absolute Gasteiger partial charge is 0.223 e. The number of piperidine rings is 1. The van der Waals surface area contributed by atoms with E-state index >= 15 is 0 Å². The van der Waals surface area contributed by atoms with Gasteiger partial charge in [-0.05, 0) is 67.7 Å². The summed E-state index contributed by atoms with van der Waals surface area (Å²) in [6.45, 7) is 6.69. The number of halogens is 1. The molecule has 2 aliphatic rings. The molecular weight excluding hydrogens is 379 g/mol. The monoisotopic (exact) mass is 412 g/mol. The number of benzene rings is 1. The Labute approximate surface area is 178 Å². The van der Waals surface area contributed by atoms with Crippen LogP contribution in [0, 0.1) is 23.6 Å². The minimum atomic E-state index is -0.259. The van der Waals surface area contributed by atoms with E-state index in [0.29, 0.717) is 18.9 Å². The number of amides is 1. The van der Waals surface area contributed by atoms with Crippen LogP contribution in [0.3, 0.4) is 0 Å². The number of Topliss-reactive ketones (excluding diaryl/α,β-unsaturated/α-hetero) is 1. The number of fused-ring (bicyclic) bond motifs is 2. The van der Waals surface area contributed by atoms with E-state index in [9.17, 15) is 14.0 Å². The summed E-state index contributed by atoms with van der Waals surface area (Å²) in [6.07, 6.45) is 7.55. The molecule has 1 amide bonds. The van der Waals surface area contributed by atoms with Crippen LogP contribution in [0.25, 0.3) is 10.9 Å². The van der Waals surface area contributed by atoms with Crippen molar-refractivity contribution in [2.75, 3.05) is 6.54 Å². The molecule has 5 heteroatoms. The molecule has 0 bridgehead atoms. The SMILES string of the molecule is CC(=O)C1CCN(C(=O)CC(c2c[nH]c3cc(F)ccc23)C(C)C)C2CCCCC12. The van der Waals surface area contributed by atoms with Crippen molar-refractivity contribution >= 4 is 22.6 Å². The van der Waals surface area contributed by atoms with Crippen LogP contribution in [0.1, 0.15) is 70.8 Å². The van der Waals surface area contributed by atoms with Crippen molar-refractivity contribution in [3.05, 3.63) is 35.8 Å². The number of hydrogen-bond donors (Lipinski definition) is 1. The summed E-state index contributed by atoms with van der Waals surface area (Å²) < 4.78 is 13.6. The average molecular weight is 413 g/mol. The van der Waals surface area contributed by atoms with Gasteiger partial charge >= 0.3 is 0 Å². The second kappa shape index (κ2) is 8.52. The summed E-state index contributed by atoms with van der Waals surface area (Å²) in [5, 5.41) is 0.994. The van der Waals surface area contributed by atoms with Crippen LogP contribution in [0.4, 0.5) is 4.39 Å². The highest BCUT2D eigenvalue weighted by Gasteiger charge is 2.43. The Morgan fingerprint density at radius 2 is 1.97 bits per heavy atom. The Bertz CT molecular complexity index is 934. The summed E-state index contributed by atoms with van der Waals surface area (Å²) in [4.78, 5) is 30.9. The zero-order valence-corrected chi connectivity index (χ0v) is 18.3. The van der Waals surface area contributed by atoms with E-state index in [1.165, 1.54) is 12.1 Å². The Hall–Kier alpha value is -2.17. The van der Waals surface area contributed by atoms with Gasteiger partial charge in [-0.2, -0.15) is 0 Å². The van der Waals surface area contributed by atoms with Crippen molar-refractivity contribution in [2.24, 2.45) is 17.8 Å². The molecule has 1 aliphatic carbocycles. The van der Waals surface area contributed by atoms with Gasteiger partial charge < -0.3 is 9.88 Å². The molecule has 2 heterocycles. The number of hydrogen-bond acceptors (Lipinski definition) is 2. The predicted octanol–water partition coefficient (Wildman–Crippen LogP) is 5.43. The van der Waals surface area contributed by atoms with Gasteiger partial charge in [0, 0.05) is 42.0 Å². The fraction of sp³-hybridized carbons (Fsp3) is 0.600. The molecule has 0 spiro atoms. The van der Waals surface area contributed by atoms with E-state index in [0.717, 1.165) is 48.6 Å². The van der Waals surface area contributed by atoms with Crippen LogP contribution < -0.4 is 0 Å². The first-order chi connectivity index (χ1) is 14.4. The second-order valence-electron chi connectivity index (χ2n) is 9.60. The van der Waals surface area contributed by atoms with Crippen molar-refractivity contribution in [3.8, 4) is 0 Å². The van der Waals surface area contributed by atoms with Gasteiger partial charge in [0.1, 0.15) is 11.6 Å². The molecule has 1 saturated heterocycles. The quantitative estimate of drug-likeness (QED) is 0.712. The maximum absolute atomic E-state index is 13.6. The lowest BCUT2D eigenvalue weighted by molar-refractivity contribution is -0.143. The number of aromatic amines is 1. The lowest BCUT2D eigenvalue weighted by Crippen LogP contribution is -2.54. The van der Waals surface area contributed by atoms with E-state index in [4.69, 9.17) is 0 Å². The minimum absolute atomic E-state index is 0.0734. The molecule has 4 unspecified atom stereocenters. The molecule has 1 aliphatic heterocycles. The van der Waals surface area contributed by atoms with Gasteiger partial charge in [-0.15, -0.1) is 0 Å². The molecule has 0 radical (unpaired) electrons. The second-order valence-corrected chi connectivity index (χ2v) is 9.60. The predicted molar refractivity (Wildman–Crippen MR) is 117 cm³/mol. The van der Waals surface area contributed by atoms with Crippen molar-refractivity contribution < 1.29 is 14.0 Å². The number of aromatic nitrogens is 1. The molecule has 1 aromatic carbocycles. The van der Waals surface area contributed by atoms with Crippen molar-refractivity contribution in [1.82, 2.24) is 9.88 Å². The zero-order chi connectivity index (χ0) is 21.4. The molecule has 4 atom stereocenters. The first-order valence-electron chi connectivity index (χ1n) is 11.4. The molecule has 2 fully saturated rings. The average Bonchev–Trinajstić information content (AvgIpc) is 3.13. The summed E-state index contributed by atoms with van der Waals surface area (Å²) in [6, 6.07) is 5.01. The van der Waals surface area contributed by atoms with Gasteiger partial charge in [-0.3, -0.25) is 9.59 Å². The maximum Gasteiger partial charge on any atom is 0.223 e. The number of H-pyrrole nitrogens is 1. The molecule has 1 saturated carbocycles. The Morgan fingerprint density at radius 1 is 1.20 bits per heavy atom. The van der Waals surface area contributed by atoms with Crippen molar-refractivity contribution in [2.45, 2.75) is 71.3 Å². The number of rotatable bonds is 5. The molecule has 1 N–H and O–H groups in total. The third-order valence-corrected chi connectivity index (χ3v) is 7.50. The third kappa shape index (κ3) is 3.91. The maximum atomic E-state index is 13.6. The van der Waals surface area contributed by atoms with Gasteiger partial charge in [0.25, 0.3) is 0 Å². The molecular formula is C25H33FN2O2. The molecule has 162 valence electrons.